The van der Waals surface area contributed by atoms with E-state index in [0.717, 1.165) is 18.5 Å². The molecule has 2 nitrogen and oxygen atoms in total. The van der Waals surface area contributed by atoms with Crippen molar-refractivity contribution in [2.24, 2.45) is 0 Å². The van der Waals surface area contributed by atoms with Crippen molar-refractivity contribution in [3.05, 3.63) is 35.6 Å². The molecule has 3 rings (SSSR count). The highest BCUT2D eigenvalue weighted by Gasteiger charge is 2.36. The first-order valence-electron chi connectivity index (χ1n) is 8.34. The normalized spacial score (nSPS) is 31.1. The van der Waals surface area contributed by atoms with E-state index in [0.29, 0.717) is 12.1 Å². The van der Waals surface area contributed by atoms with E-state index in [1.54, 1.807) is 12.1 Å². The third-order valence-electron chi connectivity index (χ3n) is 5.32. The number of piperidine rings is 2. The molecule has 2 heterocycles. The smallest absolute Gasteiger partial charge is 0.123 e. The second-order valence-electron chi connectivity index (χ2n) is 6.97. The molecular weight excluding hydrogens is 263 g/mol. The van der Waals surface area contributed by atoms with E-state index in [1.165, 1.54) is 37.7 Å². The van der Waals surface area contributed by atoms with Gasteiger partial charge in [0, 0.05) is 24.2 Å². The Hall–Kier alpha value is -0.930. The lowest BCUT2D eigenvalue weighted by Crippen LogP contribution is -2.55. The Morgan fingerprint density at radius 1 is 1.19 bits per heavy atom. The Bertz CT molecular complexity index is 445. The van der Waals surface area contributed by atoms with Crippen LogP contribution < -0.4 is 5.32 Å². The Balaban J connectivity index is 1.53. The molecule has 1 aromatic rings. The van der Waals surface area contributed by atoms with Gasteiger partial charge < -0.3 is 10.2 Å². The number of nitrogens with zero attached hydrogens (tertiary/aromatic N) is 1. The Morgan fingerprint density at radius 3 is 2.43 bits per heavy atom. The monoisotopic (exact) mass is 290 g/mol. The number of hydrogen-bond acceptors (Lipinski definition) is 2. The topological polar surface area (TPSA) is 15.3 Å². The number of rotatable bonds is 4. The zero-order chi connectivity index (χ0) is 14.8. The van der Waals surface area contributed by atoms with Crippen LogP contribution in [-0.4, -0.2) is 36.1 Å². The van der Waals surface area contributed by atoms with Crippen molar-refractivity contribution in [3.8, 4) is 0 Å². The molecule has 0 aliphatic carbocycles. The Labute approximate surface area is 127 Å². The second-order valence-corrected chi connectivity index (χ2v) is 6.97. The van der Waals surface area contributed by atoms with Gasteiger partial charge in [0.05, 0.1) is 0 Å². The fraction of sp³-hybridized carbons (Fsp3) is 0.667. The average Bonchev–Trinajstić information content (AvgIpc) is 2.42. The molecule has 2 aliphatic rings. The van der Waals surface area contributed by atoms with Gasteiger partial charge in [0.15, 0.2) is 0 Å². The summed E-state index contributed by atoms with van der Waals surface area (Å²) in [6.07, 6.45) is 7.65. The van der Waals surface area contributed by atoms with Crippen LogP contribution in [0.1, 0.15) is 44.6 Å². The molecule has 0 aromatic heterocycles. The first-order chi connectivity index (χ1) is 10.1. The SMILES string of the molecule is CC(Cc1ccc(F)cc1)NC1CC2CCCC(C1)N2C. The molecule has 0 amide bonds. The van der Waals surface area contributed by atoms with E-state index < -0.39 is 0 Å². The summed E-state index contributed by atoms with van der Waals surface area (Å²) in [7, 11) is 2.30. The van der Waals surface area contributed by atoms with Gasteiger partial charge >= 0.3 is 0 Å². The maximum absolute atomic E-state index is 12.9. The van der Waals surface area contributed by atoms with Gasteiger partial charge in [0.2, 0.25) is 0 Å². The van der Waals surface area contributed by atoms with Crippen molar-refractivity contribution in [2.45, 2.75) is 69.6 Å². The maximum atomic E-state index is 12.9. The van der Waals surface area contributed by atoms with Crippen molar-refractivity contribution in [1.82, 2.24) is 10.2 Å². The molecular formula is C18H27FN2. The molecule has 116 valence electrons. The lowest BCUT2D eigenvalue weighted by molar-refractivity contribution is 0.0463. The van der Waals surface area contributed by atoms with Crippen molar-refractivity contribution >= 4 is 0 Å². The zero-order valence-corrected chi connectivity index (χ0v) is 13.2. The third kappa shape index (κ3) is 3.64. The van der Waals surface area contributed by atoms with E-state index in [9.17, 15) is 4.39 Å². The van der Waals surface area contributed by atoms with Gasteiger partial charge in [-0.2, -0.15) is 0 Å². The van der Waals surface area contributed by atoms with Crippen LogP contribution in [0, 0.1) is 5.82 Å². The van der Waals surface area contributed by atoms with Crippen LogP contribution >= 0.6 is 0 Å². The lowest BCUT2D eigenvalue weighted by Gasteiger charge is -2.47. The van der Waals surface area contributed by atoms with E-state index >= 15 is 0 Å². The zero-order valence-electron chi connectivity index (χ0n) is 13.2. The highest BCUT2D eigenvalue weighted by atomic mass is 19.1. The van der Waals surface area contributed by atoms with Gasteiger partial charge in [0.1, 0.15) is 5.82 Å². The predicted molar refractivity (Wildman–Crippen MR) is 84.9 cm³/mol. The average molecular weight is 290 g/mol. The van der Waals surface area contributed by atoms with E-state index in [1.807, 2.05) is 12.1 Å². The van der Waals surface area contributed by atoms with Gasteiger partial charge in [-0.1, -0.05) is 18.6 Å². The number of hydrogen-bond donors (Lipinski definition) is 1. The van der Waals surface area contributed by atoms with Gasteiger partial charge in [-0.15, -0.1) is 0 Å². The summed E-state index contributed by atoms with van der Waals surface area (Å²) >= 11 is 0. The summed E-state index contributed by atoms with van der Waals surface area (Å²) in [5, 5.41) is 3.81. The van der Waals surface area contributed by atoms with Crippen molar-refractivity contribution in [3.63, 3.8) is 0 Å². The van der Waals surface area contributed by atoms with Gasteiger partial charge in [0.25, 0.3) is 0 Å². The minimum atomic E-state index is -0.150. The minimum absolute atomic E-state index is 0.150. The fourth-order valence-electron chi connectivity index (χ4n) is 4.19. The van der Waals surface area contributed by atoms with Gasteiger partial charge in [-0.25, -0.2) is 4.39 Å². The first kappa shape index (κ1) is 15.0. The molecule has 2 bridgehead atoms. The summed E-state index contributed by atoms with van der Waals surface area (Å²) in [5.41, 5.74) is 1.21. The molecule has 3 atom stereocenters. The van der Waals surface area contributed by atoms with Crippen LogP contribution in [0.25, 0.3) is 0 Å². The molecule has 2 fully saturated rings. The fourth-order valence-corrected chi connectivity index (χ4v) is 4.19. The highest BCUT2D eigenvalue weighted by Crippen LogP contribution is 2.32. The quantitative estimate of drug-likeness (QED) is 0.914. The highest BCUT2D eigenvalue weighted by molar-refractivity contribution is 5.17. The van der Waals surface area contributed by atoms with Crippen LogP contribution in [0.3, 0.4) is 0 Å². The van der Waals surface area contributed by atoms with Crippen LogP contribution in [0.2, 0.25) is 0 Å². The second kappa shape index (κ2) is 6.45. The molecule has 1 N–H and O–H groups in total. The van der Waals surface area contributed by atoms with E-state index in [4.69, 9.17) is 0 Å². The van der Waals surface area contributed by atoms with Crippen molar-refractivity contribution in [1.29, 1.82) is 0 Å². The van der Waals surface area contributed by atoms with E-state index in [-0.39, 0.29) is 5.82 Å². The molecule has 2 aliphatic heterocycles. The number of halogens is 1. The van der Waals surface area contributed by atoms with E-state index in [2.05, 4.69) is 24.2 Å². The maximum Gasteiger partial charge on any atom is 0.123 e. The first-order valence-corrected chi connectivity index (χ1v) is 8.34. The van der Waals surface area contributed by atoms with Crippen LogP contribution in [0.15, 0.2) is 24.3 Å². The minimum Gasteiger partial charge on any atom is -0.311 e. The largest absolute Gasteiger partial charge is 0.311 e. The standard InChI is InChI=1S/C18H27FN2/c1-13(10-14-6-8-15(19)9-7-14)20-16-11-17-4-3-5-18(12-16)21(17)2/h6-9,13,16-18,20H,3-5,10-12H2,1-2H3. The summed E-state index contributed by atoms with van der Waals surface area (Å²) in [6, 6.07) is 9.55. The Morgan fingerprint density at radius 2 is 1.81 bits per heavy atom. The van der Waals surface area contributed by atoms with Gasteiger partial charge in [-0.3, -0.25) is 0 Å². The molecule has 3 heteroatoms. The summed E-state index contributed by atoms with van der Waals surface area (Å²) < 4.78 is 12.9. The molecule has 2 saturated heterocycles. The molecule has 21 heavy (non-hydrogen) atoms. The Kier molecular flexibility index (Phi) is 4.60. The number of nitrogens with one attached hydrogen (secondary N) is 1. The summed E-state index contributed by atoms with van der Waals surface area (Å²) in [4.78, 5) is 2.60. The third-order valence-corrected chi connectivity index (χ3v) is 5.32. The molecule has 0 radical (unpaired) electrons. The van der Waals surface area contributed by atoms with Crippen LogP contribution in [0.4, 0.5) is 4.39 Å². The molecule has 0 saturated carbocycles. The summed E-state index contributed by atoms with van der Waals surface area (Å²) in [5.74, 6) is -0.150. The molecule has 3 unspecified atom stereocenters. The predicted octanol–water partition coefficient (Wildman–Crippen LogP) is 3.36. The molecule has 0 spiro atoms. The lowest BCUT2D eigenvalue weighted by atomic mass is 9.82. The van der Waals surface area contributed by atoms with Crippen LogP contribution in [0.5, 0.6) is 0 Å². The summed E-state index contributed by atoms with van der Waals surface area (Å²) in [6.45, 7) is 2.25. The molecule has 1 aromatic carbocycles. The van der Waals surface area contributed by atoms with Crippen molar-refractivity contribution in [2.75, 3.05) is 7.05 Å². The van der Waals surface area contributed by atoms with Crippen molar-refractivity contribution < 1.29 is 4.39 Å². The van der Waals surface area contributed by atoms with Crippen LogP contribution in [-0.2, 0) is 6.42 Å². The number of fused-ring (bicyclic) bond motifs is 2. The number of benzene rings is 1. The van der Waals surface area contributed by atoms with Gasteiger partial charge in [-0.05, 0) is 63.8 Å².